The number of carbonyl (C=O) groups excluding carboxylic acids is 2. The molecule has 114 valence electrons. The maximum atomic E-state index is 12.2. The van der Waals surface area contributed by atoms with Crippen LogP contribution in [0.2, 0.25) is 0 Å². The Hall–Kier alpha value is -1.14. The van der Waals surface area contributed by atoms with Crippen molar-refractivity contribution in [3.8, 4) is 0 Å². The molecule has 1 unspecified atom stereocenters. The van der Waals surface area contributed by atoms with E-state index in [4.69, 9.17) is 10.5 Å². The van der Waals surface area contributed by atoms with Crippen LogP contribution in [0.25, 0.3) is 0 Å². The lowest BCUT2D eigenvalue weighted by molar-refractivity contribution is -0.140. The molecule has 1 heterocycles. The molecule has 1 aliphatic heterocycles. The minimum atomic E-state index is -0.476. The molecule has 6 heteroatoms. The number of rotatable bonds is 5. The molecule has 2 aliphatic rings. The minimum absolute atomic E-state index is 0.0220. The maximum absolute atomic E-state index is 12.2. The van der Waals surface area contributed by atoms with Gasteiger partial charge in [0.05, 0.1) is 13.2 Å². The van der Waals surface area contributed by atoms with E-state index in [-0.39, 0.29) is 17.2 Å². The van der Waals surface area contributed by atoms with Gasteiger partial charge in [0, 0.05) is 19.5 Å². The summed E-state index contributed by atoms with van der Waals surface area (Å²) in [6.45, 7) is 4.64. The van der Waals surface area contributed by atoms with Gasteiger partial charge in [-0.15, -0.1) is 0 Å². The second-order valence-electron chi connectivity index (χ2n) is 5.96. The summed E-state index contributed by atoms with van der Waals surface area (Å²) in [5.41, 5.74) is 5.73. The molecule has 6 nitrogen and oxygen atoms in total. The van der Waals surface area contributed by atoms with Crippen LogP contribution in [0.3, 0.4) is 0 Å². The highest BCUT2D eigenvalue weighted by Gasteiger charge is 2.38. The van der Waals surface area contributed by atoms with Crippen molar-refractivity contribution in [1.82, 2.24) is 10.2 Å². The van der Waals surface area contributed by atoms with Gasteiger partial charge in [0.25, 0.3) is 0 Å². The van der Waals surface area contributed by atoms with Crippen LogP contribution < -0.4 is 11.1 Å². The predicted octanol–water partition coefficient (Wildman–Crippen LogP) is -0.131. The lowest BCUT2D eigenvalue weighted by atomic mass is 9.66. The van der Waals surface area contributed by atoms with E-state index in [0.29, 0.717) is 39.3 Å². The van der Waals surface area contributed by atoms with E-state index < -0.39 is 6.04 Å². The van der Waals surface area contributed by atoms with E-state index >= 15 is 0 Å². The number of carbonyl (C=O) groups is 2. The Morgan fingerprint density at radius 1 is 1.35 bits per heavy atom. The van der Waals surface area contributed by atoms with Gasteiger partial charge in [-0.25, -0.2) is 0 Å². The fourth-order valence-electron chi connectivity index (χ4n) is 2.88. The molecule has 2 fully saturated rings. The van der Waals surface area contributed by atoms with Crippen molar-refractivity contribution in [3.63, 3.8) is 0 Å². The zero-order chi connectivity index (χ0) is 14.6. The first-order valence-corrected chi connectivity index (χ1v) is 7.42. The summed E-state index contributed by atoms with van der Waals surface area (Å²) in [5, 5.41) is 2.81. The number of hydrogen-bond acceptors (Lipinski definition) is 4. The van der Waals surface area contributed by atoms with Gasteiger partial charge in [0.2, 0.25) is 11.8 Å². The Balaban J connectivity index is 1.79. The van der Waals surface area contributed by atoms with Gasteiger partial charge >= 0.3 is 0 Å². The molecule has 0 radical (unpaired) electrons. The fraction of sp³-hybridized carbons (Fsp3) is 0.857. The summed E-state index contributed by atoms with van der Waals surface area (Å²) in [6, 6.07) is -0.476. The average Bonchev–Trinajstić information content (AvgIpc) is 2.43. The molecule has 0 spiro atoms. The molecule has 3 N–H and O–H groups in total. The van der Waals surface area contributed by atoms with Crippen LogP contribution in [0, 0.1) is 5.41 Å². The molecule has 0 aromatic rings. The van der Waals surface area contributed by atoms with E-state index in [2.05, 4.69) is 5.32 Å². The number of hydrogen-bond donors (Lipinski definition) is 2. The number of morpholine rings is 1. The predicted molar refractivity (Wildman–Crippen MR) is 75.0 cm³/mol. The van der Waals surface area contributed by atoms with Crippen LogP contribution in [0.15, 0.2) is 0 Å². The highest BCUT2D eigenvalue weighted by Crippen LogP contribution is 2.42. The van der Waals surface area contributed by atoms with Crippen molar-refractivity contribution >= 4 is 11.8 Å². The van der Waals surface area contributed by atoms with Gasteiger partial charge in [0.15, 0.2) is 0 Å². The molecule has 1 saturated carbocycles. The number of amides is 2. The minimum Gasteiger partial charge on any atom is -0.378 e. The van der Waals surface area contributed by atoms with Crippen molar-refractivity contribution in [1.29, 1.82) is 0 Å². The van der Waals surface area contributed by atoms with Gasteiger partial charge in [-0.2, -0.15) is 0 Å². The topological polar surface area (TPSA) is 84.7 Å². The van der Waals surface area contributed by atoms with E-state index in [1.807, 2.05) is 0 Å². The Labute approximate surface area is 120 Å². The second kappa shape index (κ2) is 6.54. The van der Waals surface area contributed by atoms with Gasteiger partial charge in [-0.05, 0) is 31.7 Å². The maximum Gasteiger partial charge on any atom is 0.245 e. The highest BCUT2D eigenvalue weighted by molar-refractivity contribution is 5.87. The molecule has 2 rings (SSSR count). The molecular weight excluding hydrogens is 258 g/mol. The molecule has 0 bridgehead atoms. The third kappa shape index (κ3) is 3.49. The molecule has 1 saturated heterocycles. The van der Waals surface area contributed by atoms with Crippen LogP contribution in [0.1, 0.15) is 32.6 Å². The highest BCUT2D eigenvalue weighted by atomic mass is 16.5. The normalized spacial score (nSPS) is 22.8. The van der Waals surface area contributed by atoms with Crippen LogP contribution >= 0.6 is 0 Å². The zero-order valence-electron chi connectivity index (χ0n) is 12.2. The summed E-state index contributed by atoms with van der Waals surface area (Å²) < 4.78 is 5.22. The SMILES string of the molecule is CC(NC(=O)CC1(CN)CCC1)C(=O)N1CCOCC1. The van der Waals surface area contributed by atoms with Gasteiger partial charge in [0.1, 0.15) is 6.04 Å². The molecule has 1 atom stereocenters. The standard InChI is InChI=1S/C14H25N3O3/c1-11(13(19)17-5-7-20-8-6-17)16-12(18)9-14(10-15)3-2-4-14/h11H,2-10,15H2,1H3,(H,16,18). The first kappa shape index (κ1) is 15.3. The third-order valence-electron chi connectivity index (χ3n) is 4.45. The molecule has 20 heavy (non-hydrogen) atoms. The average molecular weight is 283 g/mol. The second-order valence-corrected chi connectivity index (χ2v) is 5.96. The Morgan fingerprint density at radius 2 is 2.00 bits per heavy atom. The molecule has 1 aliphatic carbocycles. The van der Waals surface area contributed by atoms with Crippen LogP contribution in [0.5, 0.6) is 0 Å². The van der Waals surface area contributed by atoms with Crippen molar-refractivity contribution in [2.75, 3.05) is 32.8 Å². The van der Waals surface area contributed by atoms with E-state index in [1.165, 1.54) is 0 Å². The van der Waals surface area contributed by atoms with Crippen molar-refractivity contribution < 1.29 is 14.3 Å². The summed E-state index contributed by atoms with van der Waals surface area (Å²) in [4.78, 5) is 26.0. The summed E-state index contributed by atoms with van der Waals surface area (Å²) >= 11 is 0. The molecule has 2 amide bonds. The number of ether oxygens (including phenoxy) is 1. The summed E-state index contributed by atoms with van der Waals surface area (Å²) in [7, 11) is 0. The first-order valence-electron chi connectivity index (χ1n) is 7.42. The largest absolute Gasteiger partial charge is 0.378 e. The monoisotopic (exact) mass is 283 g/mol. The van der Waals surface area contributed by atoms with Crippen LogP contribution in [-0.4, -0.2) is 55.6 Å². The zero-order valence-corrected chi connectivity index (χ0v) is 12.2. The smallest absolute Gasteiger partial charge is 0.245 e. The number of nitrogens with one attached hydrogen (secondary N) is 1. The van der Waals surface area contributed by atoms with Crippen molar-refractivity contribution in [2.24, 2.45) is 11.1 Å². The first-order chi connectivity index (χ1) is 9.56. The van der Waals surface area contributed by atoms with Crippen LogP contribution in [0.4, 0.5) is 0 Å². The molecular formula is C14H25N3O3. The van der Waals surface area contributed by atoms with Gasteiger partial charge in [-0.3, -0.25) is 9.59 Å². The number of nitrogens with two attached hydrogens (primary N) is 1. The van der Waals surface area contributed by atoms with Crippen LogP contribution in [-0.2, 0) is 14.3 Å². The molecule has 0 aromatic heterocycles. The Bertz CT molecular complexity index is 357. The number of nitrogens with zero attached hydrogens (tertiary/aromatic N) is 1. The van der Waals surface area contributed by atoms with Crippen molar-refractivity contribution in [3.05, 3.63) is 0 Å². The quantitative estimate of drug-likeness (QED) is 0.736. The van der Waals surface area contributed by atoms with E-state index in [1.54, 1.807) is 11.8 Å². The molecule has 0 aromatic carbocycles. The fourth-order valence-corrected chi connectivity index (χ4v) is 2.88. The lowest BCUT2D eigenvalue weighted by Crippen LogP contribution is -2.51. The van der Waals surface area contributed by atoms with E-state index in [9.17, 15) is 9.59 Å². The third-order valence-corrected chi connectivity index (χ3v) is 4.45. The lowest BCUT2D eigenvalue weighted by Gasteiger charge is -2.40. The Kier molecular flexibility index (Phi) is 4.99. The summed E-state index contributed by atoms with van der Waals surface area (Å²) in [5.74, 6) is -0.0960. The summed E-state index contributed by atoms with van der Waals surface area (Å²) in [6.07, 6.45) is 3.61. The van der Waals surface area contributed by atoms with E-state index in [0.717, 1.165) is 19.3 Å². The van der Waals surface area contributed by atoms with Crippen molar-refractivity contribution in [2.45, 2.75) is 38.6 Å². The Morgan fingerprint density at radius 3 is 2.50 bits per heavy atom. The van der Waals surface area contributed by atoms with Gasteiger partial charge in [-0.1, -0.05) is 6.42 Å². The van der Waals surface area contributed by atoms with Gasteiger partial charge < -0.3 is 20.7 Å².